The molecule has 0 aliphatic rings. The van der Waals surface area contributed by atoms with Crippen LogP contribution in [0, 0.1) is 19.8 Å². The molecule has 1 N–H and O–H groups in total. The Balaban J connectivity index is 1.98. The van der Waals surface area contributed by atoms with Crippen molar-refractivity contribution in [3.63, 3.8) is 0 Å². The summed E-state index contributed by atoms with van der Waals surface area (Å²) in [5, 5.41) is 7.66. The zero-order valence-corrected chi connectivity index (χ0v) is 14.3. The van der Waals surface area contributed by atoms with Crippen LogP contribution in [-0.2, 0) is 6.42 Å². The topological polar surface area (TPSA) is 37.8 Å². The van der Waals surface area contributed by atoms with Crippen molar-refractivity contribution in [2.75, 3.05) is 13.1 Å². The van der Waals surface area contributed by atoms with E-state index in [0.717, 1.165) is 48.7 Å². The van der Waals surface area contributed by atoms with Crippen molar-refractivity contribution in [3.8, 4) is 11.4 Å². The minimum absolute atomic E-state index is 0.710. The van der Waals surface area contributed by atoms with Crippen molar-refractivity contribution in [3.05, 3.63) is 33.8 Å². The third-order valence-electron chi connectivity index (χ3n) is 3.53. The SMILES string of the molecule is Cc1nc(-c2ccsc2)nc(C)c1CCCNCC(C)C. The average molecular weight is 303 g/mol. The summed E-state index contributed by atoms with van der Waals surface area (Å²) in [5.74, 6) is 1.56. The number of hydrogen-bond acceptors (Lipinski definition) is 4. The molecule has 0 amide bonds. The van der Waals surface area contributed by atoms with E-state index in [1.54, 1.807) is 11.3 Å². The van der Waals surface area contributed by atoms with Gasteiger partial charge in [0.1, 0.15) is 0 Å². The summed E-state index contributed by atoms with van der Waals surface area (Å²) in [7, 11) is 0. The predicted octanol–water partition coefficient (Wildman–Crippen LogP) is 4.00. The Labute approximate surface area is 131 Å². The number of rotatable bonds is 7. The van der Waals surface area contributed by atoms with E-state index in [4.69, 9.17) is 0 Å². The van der Waals surface area contributed by atoms with Crippen LogP contribution in [0.4, 0.5) is 0 Å². The molecule has 2 rings (SSSR count). The van der Waals surface area contributed by atoms with Gasteiger partial charge < -0.3 is 5.32 Å². The smallest absolute Gasteiger partial charge is 0.160 e. The molecule has 3 nitrogen and oxygen atoms in total. The third kappa shape index (κ3) is 4.61. The van der Waals surface area contributed by atoms with Gasteiger partial charge in [0.25, 0.3) is 0 Å². The lowest BCUT2D eigenvalue weighted by Crippen LogP contribution is -2.21. The Bertz CT molecular complexity index is 538. The molecule has 4 heteroatoms. The molecule has 0 fully saturated rings. The standard InChI is InChI=1S/C17H25N3S/c1-12(2)10-18-8-5-6-16-13(3)19-17(20-14(16)4)15-7-9-21-11-15/h7,9,11-12,18H,5-6,8,10H2,1-4H3. The van der Waals surface area contributed by atoms with Crippen LogP contribution in [0.1, 0.15) is 37.2 Å². The fourth-order valence-corrected chi connectivity index (χ4v) is 3.04. The first kappa shape index (κ1) is 16.1. The molecule has 2 aromatic rings. The number of thiophene rings is 1. The number of nitrogens with one attached hydrogen (secondary N) is 1. The maximum atomic E-state index is 4.68. The van der Waals surface area contributed by atoms with Gasteiger partial charge in [-0.15, -0.1) is 0 Å². The Morgan fingerprint density at radius 3 is 2.48 bits per heavy atom. The molecule has 2 heterocycles. The number of hydrogen-bond donors (Lipinski definition) is 1. The van der Waals surface area contributed by atoms with Crippen LogP contribution >= 0.6 is 11.3 Å². The molecule has 2 aromatic heterocycles. The van der Waals surface area contributed by atoms with E-state index in [9.17, 15) is 0 Å². The van der Waals surface area contributed by atoms with E-state index in [2.05, 4.69) is 59.8 Å². The summed E-state index contributed by atoms with van der Waals surface area (Å²) >= 11 is 1.68. The first-order valence-corrected chi connectivity index (χ1v) is 8.59. The van der Waals surface area contributed by atoms with Crippen molar-refractivity contribution in [1.82, 2.24) is 15.3 Å². The van der Waals surface area contributed by atoms with Gasteiger partial charge in [-0.05, 0) is 62.7 Å². The van der Waals surface area contributed by atoms with Crippen LogP contribution < -0.4 is 5.32 Å². The van der Waals surface area contributed by atoms with Gasteiger partial charge in [-0.1, -0.05) is 13.8 Å². The fourth-order valence-electron chi connectivity index (χ4n) is 2.40. The van der Waals surface area contributed by atoms with Gasteiger partial charge >= 0.3 is 0 Å². The lowest BCUT2D eigenvalue weighted by Gasteiger charge is -2.11. The highest BCUT2D eigenvalue weighted by atomic mass is 32.1. The molecule has 0 aliphatic heterocycles. The molecule has 0 bridgehead atoms. The summed E-state index contributed by atoms with van der Waals surface area (Å²) in [6, 6.07) is 2.08. The highest BCUT2D eigenvalue weighted by molar-refractivity contribution is 7.08. The molecule has 0 saturated heterocycles. The molecular weight excluding hydrogens is 278 g/mol. The number of aryl methyl sites for hydroxylation is 2. The van der Waals surface area contributed by atoms with Crippen LogP contribution in [-0.4, -0.2) is 23.1 Å². The van der Waals surface area contributed by atoms with Gasteiger partial charge in [-0.2, -0.15) is 11.3 Å². The van der Waals surface area contributed by atoms with Crippen molar-refractivity contribution in [2.24, 2.45) is 5.92 Å². The zero-order valence-electron chi connectivity index (χ0n) is 13.4. The third-order valence-corrected chi connectivity index (χ3v) is 4.22. The largest absolute Gasteiger partial charge is 0.316 e. The van der Waals surface area contributed by atoms with E-state index in [0.29, 0.717) is 5.92 Å². The minimum atomic E-state index is 0.710. The maximum absolute atomic E-state index is 4.68. The molecule has 114 valence electrons. The average Bonchev–Trinajstić information content (AvgIpc) is 2.94. The summed E-state index contributed by atoms with van der Waals surface area (Å²) in [6.45, 7) is 10.8. The molecule has 0 radical (unpaired) electrons. The monoisotopic (exact) mass is 303 g/mol. The van der Waals surface area contributed by atoms with Crippen LogP contribution in [0.3, 0.4) is 0 Å². The van der Waals surface area contributed by atoms with Gasteiger partial charge in [0.05, 0.1) is 0 Å². The van der Waals surface area contributed by atoms with E-state index in [1.807, 2.05) is 0 Å². The van der Waals surface area contributed by atoms with Gasteiger partial charge in [0.2, 0.25) is 0 Å². The normalized spacial score (nSPS) is 11.3. The zero-order chi connectivity index (χ0) is 15.2. The quantitative estimate of drug-likeness (QED) is 0.786. The summed E-state index contributed by atoms with van der Waals surface area (Å²) in [5.41, 5.74) is 4.66. The Kier molecular flexibility index (Phi) is 5.88. The lowest BCUT2D eigenvalue weighted by molar-refractivity contribution is 0.542. The van der Waals surface area contributed by atoms with Crippen molar-refractivity contribution >= 4 is 11.3 Å². The Morgan fingerprint density at radius 1 is 1.19 bits per heavy atom. The first-order valence-electron chi connectivity index (χ1n) is 7.65. The van der Waals surface area contributed by atoms with Crippen LogP contribution in [0.2, 0.25) is 0 Å². The second-order valence-electron chi connectivity index (χ2n) is 5.91. The van der Waals surface area contributed by atoms with Crippen LogP contribution in [0.25, 0.3) is 11.4 Å². The molecular formula is C17H25N3S. The molecule has 0 spiro atoms. The van der Waals surface area contributed by atoms with Gasteiger partial charge in [0, 0.05) is 22.3 Å². The van der Waals surface area contributed by atoms with E-state index < -0.39 is 0 Å². The van der Waals surface area contributed by atoms with Crippen LogP contribution in [0.5, 0.6) is 0 Å². The predicted molar refractivity (Wildman–Crippen MR) is 90.8 cm³/mol. The molecule has 0 atom stereocenters. The van der Waals surface area contributed by atoms with Gasteiger partial charge in [-0.3, -0.25) is 0 Å². The Morgan fingerprint density at radius 2 is 1.90 bits per heavy atom. The summed E-state index contributed by atoms with van der Waals surface area (Å²) in [6.07, 6.45) is 2.18. The summed E-state index contributed by atoms with van der Waals surface area (Å²) < 4.78 is 0. The number of aromatic nitrogens is 2. The van der Waals surface area contributed by atoms with Crippen molar-refractivity contribution < 1.29 is 0 Å². The second-order valence-corrected chi connectivity index (χ2v) is 6.69. The highest BCUT2D eigenvalue weighted by Gasteiger charge is 2.10. The van der Waals surface area contributed by atoms with Crippen molar-refractivity contribution in [1.29, 1.82) is 0 Å². The first-order chi connectivity index (χ1) is 10.1. The fraction of sp³-hybridized carbons (Fsp3) is 0.529. The molecule has 21 heavy (non-hydrogen) atoms. The molecule has 0 saturated carbocycles. The van der Waals surface area contributed by atoms with Crippen molar-refractivity contribution in [2.45, 2.75) is 40.5 Å². The number of nitrogens with zero attached hydrogens (tertiary/aromatic N) is 2. The molecule has 0 aromatic carbocycles. The van der Waals surface area contributed by atoms with E-state index in [-0.39, 0.29) is 0 Å². The molecule has 0 unspecified atom stereocenters. The maximum Gasteiger partial charge on any atom is 0.160 e. The Hall–Kier alpha value is -1.26. The van der Waals surface area contributed by atoms with Crippen LogP contribution in [0.15, 0.2) is 16.8 Å². The highest BCUT2D eigenvalue weighted by Crippen LogP contribution is 2.21. The minimum Gasteiger partial charge on any atom is -0.316 e. The van der Waals surface area contributed by atoms with Gasteiger partial charge in [0.15, 0.2) is 5.82 Å². The summed E-state index contributed by atoms with van der Waals surface area (Å²) in [4.78, 5) is 9.36. The molecule has 0 aliphatic carbocycles. The van der Waals surface area contributed by atoms with Gasteiger partial charge in [-0.25, -0.2) is 9.97 Å². The van der Waals surface area contributed by atoms with E-state index >= 15 is 0 Å². The van der Waals surface area contributed by atoms with E-state index in [1.165, 1.54) is 5.56 Å². The lowest BCUT2D eigenvalue weighted by atomic mass is 10.1. The second kappa shape index (κ2) is 7.66.